The number of aliphatic imine (C=N–C) groups is 1. The highest BCUT2D eigenvalue weighted by molar-refractivity contribution is 7.89. The fourth-order valence-corrected chi connectivity index (χ4v) is 6.56. The quantitative estimate of drug-likeness (QED) is 0.626. The van der Waals surface area contributed by atoms with Gasteiger partial charge in [0.1, 0.15) is 0 Å². The van der Waals surface area contributed by atoms with Crippen molar-refractivity contribution in [3.63, 3.8) is 0 Å². The number of hydrogen-bond acceptors (Lipinski definition) is 3. The van der Waals surface area contributed by atoms with Gasteiger partial charge < -0.3 is 0 Å². The molecule has 2 aromatic carbocycles. The van der Waals surface area contributed by atoms with Crippen LogP contribution in [0.25, 0.3) is 0 Å². The molecule has 1 fully saturated rings. The van der Waals surface area contributed by atoms with Crippen LogP contribution in [0.4, 0.5) is 0 Å². The monoisotopic (exact) mass is 450 g/mol. The third-order valence-corrected chi connectivity index (χ3v) is 8.88. The number of fused-ring (bicyclic) bond motifs is 1. The van der Waals surface area contributed by atoms with E-state index < -0.39 is 10.0 Å². The molecule has 0 bridgehead atoms. The van der Waals surface area contributed by atoms with Gasteiger partial charge in [-0.2, -0.15) is 4.31 Å². The van der Waals surface area contributed by atoms with Crippen LogP contribution in [0.5, 0.6) is 0 Å². The van der Waals surface area contributed by atoms with Gasteiger partial charge in [0.05, 0.1) is 4.90 Å². The van der Waals surface area contributed by atoms with E-state index in [1.807, 2.05) is 25.2 Å². The summed E-state index contributed by atoms with van der Waals surface area (Å²) in [6.07, 6.45) is 5.65. The van der Waals surface area contributed by atoms with Gasteiger partial charge in [-0.3, -0.25) is 4.99 Å². The molecule has 170 valence electrons. The first-order valence-electron chi connectivity index (χ1n) is 11.5. The molecule has 1 aliphatic heterocycles. The summed E-state index contributed by atoms with van der Waals surface area (Å²) in [5.41, 5.74) is 4.68. The van der Waals surface area contributed by atoms with E-state index in [-0.39, 0.29) is 10.8 Å². The largest absolute Gasteiger partial charge is 0.293 e. The molecule has 4 nitrogen and oxygen atoms in total. The minimum Gasteiger partial charge on any atom is -0.293 e. The number of nitrogens with zero attached hydrogens (tertiary/aromatic N) is 2. The molecule has 2 aromatic rings. The van der Waals surface area contributed by atoms with E-state index in [1.165, 1.54) is 11.1 Å². The smallest absolute Gasteiger partial charge is 0.243 e. The Hall–Kier alpha value is -2.24. The lowest BCUT2D eigenvalue weighted by Gasteiger charge is -2.46. The first-order chi connectivity index (χ1) is 15.1. The molecule has 0 saturated carbocycles. The highest BCUT2D eigenvalue weighted by Gasteiger charge is 2.44. The molecule has 1 aliphatic carbocycles. The zero-order valence-corrected chi connectivity index (χ0v) is 20.5. The number of allylic oxidation sites excluding steroid dienone is 1. The summed E-state index contributed by atoms with van der Waals surface area (Å²) < 4.78 is 29.0. The van der Waals surface area contributed by atoms with Gasteiger partial charge in [-0.05, 0) is 60.4 Å². The molecule has 5 heteroatoms. The molecule has 0 N–H and O–H groups in total. The molecule has 2 aliphatic rings. The molecule has 0 aromatic heterocycles. The van der Waals surface area contributed by atoms with Gasteiger partial charge in [-0.1, -0.05) is 68.8 Å². The van der Waals surface area contributed by atoms with Crippen molar-refractivity contribution in [2.45, 2.75) is 56.8 Å². The van der Waals surface area contributed by atoms with E-state index in [0.717, 1.165) is 37.0 Å². The summed E-state index contributed by atoms with van der Waals surface area (Å²) in [7, 11) is -1.70. The summed E-state index contributed by atoms with van der Waals surface area (Å²) in [6.45, 7) is 7.45. The topological polar surface area (TPSA) is 49.7 Å². The van der Waals surface area contributed by atoms with E-state index in [9.17, 15) is 8.42 Å². The molecule has 32 heavy (non-hydrogen) atoms. The molecule has 1 unspecified atom stereocenters. The molecular weight excluding hydrogens is 416 g/mol. The fraction of sp³-hybridized carbons (Fsp3) is 0.444. The lowest BCUT2D eigenvalue weighted by atomic mass is 9.66. The average Bonchev–Trinajstić information content (AvgIpc) is 2.78. The van der Waals surface area contributed by atoms with E-state index in [0.29, 0.717) is 18.0 Å². The van der Waals surface area contributed by atoms with Crippen molar-refractivity contribution in [1.82, 2.24) is 4.31 Å². The van der Waals surface area contributed by atoms with Gasteiger partial charge >= 0.3 is 0 Å². The summed E-state index contributed by atoms with van der Waals surface area (Å²) in [6, 6.07) is 17.9. The van der Waals surface area contributed by atoms with Gasteiger partial charge in [0.15, 0.2) is 0 Å². The Bertz CT molecular complexity index is 1130. The number of rotatable bonds is 4. The number of piperidine rings is 1. The van der Waals surface area contributed by atoms with Crippen molar-refractivity contribution in [1.29, 1.82) is 0 Å². The normalized spacial score (nSPS) is 23.6. The zero-order chi connectivity index (χ0) is 23.0. The van der Waals surface area contributed by atoms with Crippen LogP contribution >= 0.6 is 0 Å². The van der Waals surface area contributed by atoms with Crippen LogP contribution in [0.2, 0.25) is 0 Å². The standard InChI is InChI=1S/C27H34N2O2S/c1-26(2,3)22-10-12-25(13-11-22)32(30,31)29-17-15-23-18-24(28-4)14-16-27(23,20-29)19-21-8-6-5-7-9-21/h5-13,18H,14-17,19-20H2,1-4H3. The number of benzene rings is 2. The lowest BCUT2D eigenvalue weighted by molar-refractivity contribution is 0.198. The second-order valence-corrected chi connectivity index (χ2v) is 12.1. The van der Waals surface area contributed by atoms with Crippen molar-refractivity contribution in [2.24, 2.45) is 10.4 Å². The van der Waals surface area contributed by atoms with Gasteiger partial charge in [0.2, 0.25) is 10.0 Å². The maximum absolute atomic E-state index is 13.6. The predicted molar refractivity (Wildman–Crippen MR) is 132 cm³/mol. The maximum Gasteiger partial charge on any atom is 0.243 e. The summed E-state index contributed by atoms with van der Waals surface area (Å²) >= 11 is 0. The summed E-state index contributed by atoms with van der Waals surface area (Å²) in [5.74, 6) is 0. The van der Waals surface area contributed by atoms with Crippen molar-refractivity contribution < 1.29 is 8.42 Å². The molecule has 1 saturated heterocycles. The Labute approximate surface area is 193 Å². The minimum absolute atomic E-state index is 0.00646. The van der Waals surface area contributed by atoms with Gasteiger partial charge in [0.25, 0.3) is 0 Å². The average molecular weight is 451 g/mol. The molecule has 0 spiro atoms. The Morgan fingerprint density at radius 1 is 1.00 bits per heavy atom. The van der Waals surface area contributed by atoms with Crippen LogP contribution in [0, 0.1) is 5.41 Å². The Morgan fingerprint density at radius 2 is 1.69 bits per heavy atom. The maximum atomic E-state index is 13.6. The van der Waals surface area contributed by atoms with Crippen LogP contribution in [-0.4, -0.2) is 38.6 Å². The predicted octanol–water partition coefficient (Wildman–Crippen LogP) is 5.40. The molecule has 0 amide bonds. The van der Waals surface area contributed by atoms with E-state index >= 15 is 0 Å². The Morgan fingerprint density at radius 3 is 2.31 bits per heavy atom. The third kappa shape index (κ3) is 4.46. The molecule has 1 atom stereocenters. The van der Waals surface area contributed by atoms with E-state index in [1.54, 1.807) is 16.4 Å². The molecular formula is C27H34N2O2S. The van der Waals surface area contributed by atoms with Crippen LogP contribution < -0.4 is 0 Å². The highest BCUT2D eigenvalue weighted by atomic mass is 32.2. The number of sulfonamides is 1. The SMILES string of the molecule is CN=C1C=C2CCN(S(=O)(=O)c3ccc(C(C)(C)C)cc3)CC2(Cc2ccccc2)CC1. The fourth-order valence-electron chi connectivity index (χ4n) is 5.04. The zero-order valence-electron chi connectivity index (χ0n) is 19.6. The first-order valence-corrected chi connectivity index (χ1v) is 12.9. The van der Waals surface area contributed by atoms with E-state index in [4.69, 9.17) is 0 Å². The van der Waals surface area contributed by atoms with Gasteiger partial charge in [-0.25, -0.2) is 8.42 Å². The second-order valence-electron chi connectivity index (χ2n) is 10.2. The number of hydrogen-bond donors (Lipinski definition) is 0. The Balaban J connectivity index is 1.67. The van der Waals surface area contributed by atoms with Crippen LogP contribution in [0.15, 0.2) is 76.1 Å². The van der Waals surface area contributed by atoms with Crippen molar-refractivity contribution in [3.05, 3.63) is 77.4 Å². The minimum atomic E-state index is -3.55. The molecule has 0 radical (unpaired) electrons. The second kappa shape index (κ2) is 8.60. The van der Waals surface area contributed by atoms with Crippen LogP contribution in [0.1, 0.15) is 51.2 Å². The molecule has 4 rings (SSSR count). The molecule has 1 heterocycles. The van der Waals surface area contributed by atoms with Gasteiger partial charge in [0, 0.05) is 31.3 Å². The van der Waals surface area contributed by atoms with Crippen molar-refractivity contribution in [3.8, 4) is 0 Å². The van der Waals surface area contributed by atoms with Crippen LogP contribution in [0.3, 0.4) is 0 Å². The highest BCUT2D eigenvalue weighted by Crippen LogP contribution is 2.46. The lowest BCUT2D eigenvalue weighted by Crippen LogP contribution is -2.49. The third-order valence-electron chi connectivity index (χ3n) is 7.02. The summed E-state index contributed by atoms with van der Waals surface area (Å²) in [5, 5.41) is 0. The van der Waals surface area contributed by atoms with E-state index in [2.05, 4.69) is 56.1 Å². The summed E-state index contributed by atoms with van der Waals surface area (Å²) in [4.78, 5) is 4.82. The van der Waals surface area contributed by atoms with Crippen molar-refractivity contribution in [2.75, 3.05) is 20.1 Å². The Kier molecular flexibility index (Phi) is 6.17. The van der Waals surface area contributed by atoms with Crippen LogP contribution in [-0.2, 0) is 21.9 Å². The van der Waals surface area contributed by atoms with Crippen molar-refractivity contribution >= 4 is 15.7 Å². The van der Waals surface area contributed by atoms with Gasteiger partial charge in [-0.15, -0.1) is 0 Å². The first kappa shape index (κ1) is 22.9.